The maximum Gasteiger partial charge on any atom is 0.274 e. The van der Waals surface area contributed by atoms with Crippen LogP contribution in [0.4, 0.5) is 0 Å². The summed E-state index contributed by atoms with van der Waals surface area (Å²) >= 11 is 0. The summed E-state index contributed by atoms with van der Waals surface area (Å²) in [4.78, 5) is 31.0. The van der Waals surface area contributed by atoms with Crippen molar-refractivity contribution in [3.8, 4) is 0 Å². The van der Waals surface area contributed by atoms with Crippen LogP contribution < -0.4 is 5.48 Å². The number of hydroxylamine groups is 1. The number of hydrogen-bond donors (Lipinski definition) is 1. The van der Waals surface area contributed by atoms with E-state index in [2.05, 4.69) is 52.2 Å². The third kappa shape index (κ3) is 5.73. The molecule has 2 aromatic carbocycles. The number of rotatable bonds is 9. The fraction of sp³-hybridized carbons (Fsp3) is 0.517. The van der Waals surface area contributed by atoms with Crippen molar-refractivity contribution in [2.75, 3.05) is 6.61 Å². The first-order chi connectivity index (χ1) is 15.6. The summed E-state index contributed by atoms with van der Waals surface area (Å²) in [5, 5.41) is 0. The average molecular weight is 450 g/mol. The Morgan fingerprint density at radius 3 is 2.06 bits per heavy atom. The van der Waals surface area contributed by atoms with Crippen LogP contribution in [0.1, 0.15) is 116 Å². The van der Waals surface area contributed by atoms with Crippen LogP contribution >= 0.6 is 0 Å². The van der Waals surface area contributed by atoms with Gasteiger partial charge in [-0.1, -0.05) is 72.1 Å². The Balaban J connectivity index is 1.74. The van der Waals surface area contributed by atoms with E-state index < -0.39 is 0 Å². The molecular weight excluding hydrogens is 410 g/mol. The van der Waals surface area contributed by atoms with E-state index >= 15 is 0 Å². The van der Waals surface area contributed by atoms with E-state index in [1.165, 1.54) is 17.5 Å². The van der Waals surface area contributed by atoms with Crippen LogP contribution in [-0.4, -0.2) is 18.3 Å². The number of ketones is 1. The van der Waals surface area contributed by atoms with Crippen molar-refractivity contribution >= 4 is 11.7 Å². The van der Waals surface area contributed by atoms with E-state index in [0.29, 0.717) is 17.7 Å². The highest BCUT2D eigenvalue weighted by Gasteiger charge is 2.37. The van der Waals surface area contributed by atoms with Crippen LogP contribution in [-0.2, 0) is 15.7 Å². The van der Waals surface area contributed by atoms with Gasteiger partial charge in [0.15, 0.2) is 5.78 Å². The summed E-state index contributed by atoms with van der Waals surface area (Å²) in [6, 6.07) is 11.1. The quantitative estimate of drug-likeness (QED) is 0.260. The zero-order chi connectivity index (χ0) is 24.2. The van der Waals surface area contributed by atoms with Crippen LogP contribution in [0.2, 0.25) is 0 Å². The Morgan fingerprint density at radius 1 is 0.879 bits per heavy atom. The lowest BCUT2D eigenvalue weighted by Crippen LogP contribution is -2.34. The van der Waals surface area contributed by atoms with Crippen molar-refractivity contribution in [3.05, 3.63) is 69.8 Å². The Hall–Kier alpha value is -2.46. The van der Waals surface area contributed by atoms with Gasteiger partial charge in [-0.3, -0.25) is 14.4 Å². The Kier molecular flexibility index (Phi) is 7.79. The minimum atomic E-state index is -0.293. The van der Waals surface area contributed by atoms with E-state index in [1.54, 1.807) is 24.3 Å². The van der Waals surface area contributed by atoms with Crippen LogP contribution in [0.3, 0.4) is 0 Å². The molecule has 0 aromatic heterocycles. The summed E-state index contributed by atoms with van der Waals surface area (Å²) in [7, 11) is 0. The maximum atomic E-state index is 13.4. The first-order valence-corrected chi connectivity index (χ1v) is 12.3. The third-order valence-electron chi connectivity index (χ3n) is 7.12. The van der Waals surface area contributed by atoms with Gasteiger partial charge in [-0.2, -0.15) is 0 Å². The molecule has 0 saturated heterocycles. The highest BCUT2D eigenvalue weighted by Crippen LogP contribution is 2.46. The molecular formula is C29H39NO3. The number of benzene rings is 2. The van der Waals surface area contributed by atoms with E-state index in [0.717, 1.165) is 43.2 Å². The van der Waals surface area contributed by atoms with Crippen LogP contribution in [0, 0.1) is 6.92 Å². The van der Waals surface area contributed by atoms with Gasteiger partial charge in [0.25, 0.3) is 5.91 Å². The van der Waals surface area contributed by atoms with Crippen molar-refractivity contribution < 1.29 is 14.4 Å². The number of carbonyl (C=O) groups excluding carboxylic acids is 2. The monoisotopic (exact) mass is 449 g/mol. The second-order valence-corrected chi connectivity index (χ2v) is 10.7. The third-order valence-corrected chi connectivity index (χ3v) is 7.12. The van der Waals surface area contributed by atoms with Crippen LogP contribution in [0.15, 0.2) is 36.4 Å². The molecule has 178 valence electrons. The largest absolute Gasteiger partial charge is 0.289 e. The van der Waals surface area contributed by atoms with E-state index in [-0.39, 0.29) is 22.5 Å². The lowest BCUT2D eigenvalue weighted by molar-refractivity contribution is 0.0297. The molecule has 3 rings (SSSR count). The number of fused-ring (bicyclic) bond motifs is 1. The fourth-order valence-electron chi connectivity index (χ4n) is 4.67. The minimum Gasteiger partial charge on any atom is -0.289 e. The zero-order valence-electron chi connectivity index (χ0n) is 21.1. The molecule has 4 heteroatoms. The van der Waals surface area contributed by atoms with Crippen molar-refractivity contribution in [1.82, 2.24) is 5.48 Å². The maximum absolute atomic E-state index is 13.4. The number of amides is 1. The van der Waals surface area contributed by atoms with Crippen molar-refractivity contribution in [3.63, 3.8) is 0 Å². The molecule has 33 heavy (non-hydrogen) atoms. The number of hydrogen-bond acceptors (Lipinski definition) is 3. The summed E-state index contributed by atoms with van der Waals surface area (Å²) in [6.45, 7) is 13.8. The molecule has 1 N–H and O–H groups in total. The Bertz CT molecular complexity index is 1000. The van der Waals surface area contributed by atoms with E-state index in [1.807, 2.05) is 6.92 Å². The average Bonchev–Trinajstić information content (AvgIpc) is 2.78. The summed E-state index contributed by atoms with van der Waals surface area (Å²) in [6.07, 6.45) is 6.61. The second-order valence-electron chi connectivity index (χ2n) is 10.7. The van der Waals surface area contributed by atoms with Gasteiger partial charge in [0.2, 0.25) is 0 Å². The fourth-order valence-corrected chi connectivity index (χ4v) is 4.67. The van der Waals surface area contributed by atoms with Gasteiger partial charge in [0, 0.05) is 16.7 Å². The second kappa shape index (κ2) is 10.2. The van der Waals surface area contributed by atoms with Crippen LogP contribution in [0.25, 0.3) is 0 Å². The molecule has 4 nitrogen and oxygen atoms in total. The standard InChI is InChI=1S/C29H39NO3/c1-7-8-9-10-17-33-30-27(32)22-13-11-21(12-14-22)26(31)23-19-25-24(18-20(23)2)28(3,4)15-16-29(25,5)6/h11-14,18-19H,7-10,15-17H2,1-6H3,(H,30,32). The van der Waals surface area contributed by atoms with Crippen LogP contribution in [0.5, 0.6) is 0 Å². The van der Waals surface area contributed by atoms with Gasteiger partial charge < -0.3 is 0 Å². The number of unbranched alkanes of at least 4 members (excludes halogenated alkanes) is 3. The smallest absolute Gasteiger partial charge is 0.274 e. The van der Waals surface area contributed by atoms with Gasteiger partial charge in [0.05, 0.1) is 6.61 Å². The molecule has 0 saturated carbocycles. The number of aryl methyl sites for hydroxylation is 1. The molecule has 1 aliphatic carbocycles. The predicted octanol–water partition coefficient (Wildman–Crippen LogP) is 6.82. The predicted molar refractivity (Wildman–Crippen MR) is 134 cm³/mol. The molecule has 0 heterocycles. The highest BCUT2D eigenvalue weighted by atomic mass is 16.6. The molecule has 0 fully saturated rings. The zero-order valence-corrected chi connectivity index (χ0v) is 21.1. The molecule has 0 unspecified atom stereocenters. The van der Waals surface area contributed by atoms with E-state index in [4.69, 9.17) is 4.84 Å². The lowest BCUT2D eigenvalue weighted by Gasteiger charge is -2.42. The van der Waals surface area contributed by atoms with Crippen molar-refractivity contribution in [2.45, 2.75) is 90.9 Å². The summed E-state index contributed by atoms with van der Waals surface area (Å²) in [5.41, 5.74) is 8.10. The molecule has 0 aliphatic heterocycles. The highest BCUT2D eigenvalue weighted by molar-refractivity contribution is 6.10. The molecule has 0 bridgehead atoms. The van der Waals surface area contributed by atoms with Gasteiger partial charge in [-0.05, 0) is 71.9 Å². The van der Waals surface area contributed by atoms with Gasteiger partial charge in [-0.15, -0.1) is 0 Å². The summed E-state index contributed by atoms with van der Waals surface area (Å²) < 4.78 is 0. The summed E-state index contributed by atoms with van der Waals surface area (Å²) in [5.74, 6) is -0.299. The Morgan fingerprint density at radius 2 is 1.45 bits per heavy atom. The number of nitrogens with one attached hydrogen (secondary N) is 1. The molecule has 0 spiro atoms. The van der Waals surface area contributed by atoms with Gasteiger partial charge >= 0.3 is 0 Å². The minimum absolute atomic E-state index is 0.00591. The number of carbonyl (C=O) groups is 2. The van der Waals surface area contributed by atoms with Crippen molar-refractivity contribution in [2.24, 2.45) is 0 Å². The molecule has 2 aromatic rings. The van der Waals surface area contributed by atoms with Gasteiger partial charge in [0.1, 0.15) is 0 Å². The Labute approximate surface area is 199 Å². The van der Waals surface area contributed by atoms with Crippen molar-refractivity contribution in [1.29, 1.82) is 0 Å². The molecule has 0 atom stereocenters. The molecule has 0 radical (unpaired) electrons. The molecule has 1 aliphatic rings. The SMILES string of the molecule is CCCCCCONC(=O)c1ccc(C(=O)c2cc3c(cc2C)C(C)(C)CCC3(C)C)cc1. The normalized spacial score (nSPS) is 16.2. The lowest BCUT2D eigenvalue weighted by atomic mass is 9.62. The van der Waals surface area contributed by atoms with E-state index in [9.17, 15) is 9.59 Å². The molecule has 1 amide bonds. The first-order valence-electron chi connectivity index (χ1n) is 12.3. The first kappa shape index (κ1) is 25.2. The topological polar surface area (TPSA) is 55.4 Å². The van der Waals surface area contributed by atoms with Gasteiger partial charge in [-0.25, -0.2) is 5.48 Å².